The summed E-state index contributed by atoms with van der Waals surface area (Å²) in [6, 6.07) is 0. The van der Waals surface area contributed by atoms with Crippen LogP contribution in [0.15, 0.2) is 12.4 Å². The Morgan fingerprint density at radius 3 is 2.05 bits per heavy atom. The van der Waals surface area contributed by atoms with Crippen molar-refractivity contribution in [3.63, 3.8) is 0 Å². The first-order valence-electron chi connectivity index (χ1n) is 9.27. The fourth-order valence-corrected chi connectivity index (χ4v) is 3.08. The van der Waals surface area contributed by atoms with E-state index in [0.717, 1.165) is 13.1 Å². The summed E-state index contributed by atoms with van der Waals surface area (Å²) in [5, 5.41) is 3.42. The van der Waals surface area contributed by atoms with E-state index in [2.05, 4.69) is 29.5 Å². The summed E-state index contributed by atoms with van der Waals surface area (Å²) in [6.45, 7) is 3.99. The molecule has 0 fully saturated rings. The minimum atomic E-state index is 0.493. The third-order valence-electron chi connectivity index (χ3n) is 4.42. The second-order valence-corrected chi connectivity index (χ2v) is 6.35. The number of nitrogens with one attached hydrogen (secondary N) is 1. The zero-order valence-electron chi connectivity index (χ0n) is 14.2. The quantitative estimate of drug-likeness (QED) is 0.468. The van der Waals surface area contributed by atoms with Crippen LogP contribution in [0.4, 0.5) is 0 Å². The Balaban J connectivity index is 1.82. The first-order valence-corrected chi connectivity index (χ1v) is 9.27. The van der Waals surface area contributed by atoms with Crippen LogP contribution in [0.1, 0.15) is 84.0 Å². The third-order valence-corrected chi connectivity index (χ3v) is 4.42. The Bertz CT molecular complexity index is 253. The van der Waals surface area contributed by atoms with Crippen LogP contribution in [0.3, 0.4) is 0 Å². The molecule has 124 valence electrons. The predicted octanol–water partition coefficient (Wildman–Crippen LogP) is 4.35. The number of nitrogens with zero attached hydrogens (tertiary/aromatic N) is 1. The van der Waals surface area contributed by atoms with Crippen molar-refractivity contribution in [3.8, 4) is 0 Å². The van der Waals surface area contributed by atoms with Crippen molar-refractivity contribution in [1.29, 1.82) is 0 Å². The summed E-state index contributed by atoms with van der Waals surface area (Å²) in [4.78, 5) is 2.33. The van der Waals surface area contributed by atoms with Crippen LogP contribution >= 0.6 is 0 Å². The molecule has 1 aliphatic rings. The lowest BCUT2D eigenvalue weighted by Gasteiger charge is -2.25. The highest BCUT2D eigenvalue weighted by atomic mass is 15.3. The van der Waals surface area contributed by atoms with Crippen molar-refractivity contribution in [3.05, 3.63) is 12.4 Å². The van der Waals surface area contributed by atoms with Crippen molar-refractivity contribution in [2.45, 2.75) is 90.1 Å². The first-order chi connectivity index (χ1) is 10.4. The van der Waals surface area contributed by atoms with E-state index in [1.165, 1.54) is 77.0 Å². The van der Waals surface area contributed by atoms with Crippen LogP contribution in [0, 0.1) is 0 Å². The highest BCUT2D eigenvalue weighted by molar-refractivity contribution is 4.93. The van der Waals surface area contributed by atoms with Gasteiger partial charge in [-0.15, -0.1) is 0 Å². The highest BCUT2D eigenvalue weighted by Crippen LogP contribution is 2.15. The van der Waals surface area contributed by atoms with Gasteiger partial charge in [0, 0.05) is 25.5 Å². The van der Waals surface area contributed by atoms with Crippen LogP contribution in [0.5, 0.6) is 0 Å². The minimum absolute atomic E-state index is 0.493. The lowest BCUT2D eigenvalue weighted by Crippen LogP contribution is -2.37. The number of hydrogen-bond acceptors (Lipinski definition) is 3. The third kappa shape index (κ3) is 9.02. The van der Waals surface area contributed by atoms with E-state index in [-0.39, 0.29) is 0 Å². The molecule has 3 nitrogen and oxygen atoms in total. The second-order valence-electron chi connectivity index (χ2n) is 6.35. The largest absolute Gasteiger partial charge is 0.370 e. The Kier molecular flexibility index (Phi) is 11.4. The van der Waals surface area contributed by atoms with Gasteiger partial charge in [0.05, 0.1) is 6.17 Å². The molecule has 0 amide bonds. The van der Waals surface area contributed by atoms with Gasteiger partial charge in [0.1, 0.15) is 0 Å². The molecule has 3 heteroatoms. The first kappa shape index (κ1) is 18.3. The van der Waals surface area contributed by atoms with Crippen LogP contribution in [0.2, 0.25) is 0 Å². The molecule has 0 aliphatic carbocycles. The van der Waals surface area contributed by atoms with Crippen LogP contribution in [0.25, 0.3) is 0 Å². The van der Waals surface area contributed by atoms with Crippen molar-refractivity contribution in [1.82, 2.24) is 10.2 Å². The molecular weight excluding hydrogens is 258 g/mol. The summed E-state index contributed by atoms with van der Waals surface area (Å²) >= 11 is 0. The van der Waals surface area contributed by atoms with Gasteiger partial charge in [0.25, 0.3) is 0 Å². The van der Waals surface area contributed by atoms with Crippen LogP contribution in [-0.2, 0) is 0 Å². The van der Waals surface area contributed by atoms with Gasteiger partial charge in [0.15, 0.2) is 0 Å². The summed E-state index contributed by atoms with van der Waals surface area (Å²) in [6.07, 6.45) is 21.5. The maximum Gasteiger partial charge on any atom is 0.0981 e. The Morgan fingerprint density at radius 2 is 1.48 bits per heavy atom. The second kappa shape index (κ2) is 13.0. The van der Waals surface area contributed by atoms with Crippen molar-refractivity contribution in [2.24, 2.45) is 5.73 Å². The van der Waals surface area contributed by atoms with Gasteiger partial charge >= 0.3 is 0 Å². The molecule has 0 aromatic heterocycles. The number of rotatable bonds is 14. The zero-order valence-corrected chi connectivity index (χ0v) is 14.2. The van der Waals surface area contributed by atoms with E-state index in [9.17, 15) is 0 Å². The lowest BCUT2D eigenvalue weighted by molar-refractivity contribution is 0.264. The number of hydrogen-bond donors (Lipinski definition) is 2. The molecule has 0 saturated heterocycles. The molecule has 1 heterocycles. The maximum atomic E-state index is 5.63. The fourth-order valence-electron chi connectivity index (χ4n) is 3.08. The average Bonchev–Trinajstić information content (AvgIpc) is 2.92. The molecule has 1 rings (SSSR count). The molecule has 1 aliphatic heterocycles. The molecule has 1 unspecified atom stereocenters. The monoisotopic (exact) mass is 295 g/mol. The van der Waals surface area contributed by atoms with E-state index in [4.69, 9.17) is 5.73 Å². The average molecular weight is 296 g/mol. The molecular formula is C18H37N3. The van der Waals surface area contributed by atoms with E-state index < -0.39 is 0 Å². The molecule has 1 atom stereocenters. The molecule has 0 radical (unpaired) electrons. The predicted molar refractivity (Wildman–Crippen MR) is 92.9 cm³/mol. The topological polar surface area (TPSA) is 41.3 Å². The Labute approximate surface area is 132 Å². The van der Waals surface area contributed by atoms with Crippen molar-refractivity contribution in [2.75, 3.05) is 13.1 Å². The van der Waals surface area contributed by atoms with Crippen molar-refractivity contribution < 1.29 is 0 Å². The number of nitrogens with two attached hydrogens (primary N) is 1. The summed E-state index contributed by atoms with van der Waals surface area (Å²) in [5.74, 6) is 0. The Morgan fingerprint density at radius 1 is 0.905 bits per heavy atom. The van der Waals surface area contributed by atoms with Gasteiger partial charge < -0.3 is 16.0 Å². The van der Waals surface area contributed by atoms with Crippen molar-refractivity contribution >= 4 is 0 Å². The molecule has 21 heavy (non-hydrogen) atoms. The number of unbranched alkanes of at least 4 members (excludes halogenated alkanes) is 10. The van der Waals surface area contributed by atoms with Crippen LogP contribution < -0.4 is 11.1 Å². The van der Waals surface area contributed by atoms with E-state index in [0.29, 0.717) is 6.17 Å². The van der Waals surface area contributed by atoms with Gasteiger partial charge in [0.2, 0.25) is 0 Å². The molecule has 3 N–H and O–H groups in total. The molecule has 0 aromatic rings. The van der Waals surface area contributed by atoms with Gasteiger partial charge in [-0.3, -0.25) is 0 Å². The lowest BCUT2D eigenvalue weighted by atomic mass is 10.0. The summed E-state index contributed by atoms with van der Waals surface area (Å²) < 4.78 is 0. The van der Waals surface area contributed by atoms with Gasteiger partial charge in [-0.05, 0) is 12.8 Å². The van der Waals surface area contributed by atoms with Crippen LogP contribution in [-0.4, -0.2) is 24.2 Å². The maximum absolute atomic E-state index is 5.63. The van der Waals surface area contributed by atoms with Gasteiger partial charge in [-0.1, -0.05) is 71.1 Å². The normalized spacial score (nSPS) is 17.4. The van der Waals surface area contributed by atoms with E-state index in [1.54, 1.807) is 0 Å². The molecule has 0 bridgehead atoms. The summed E-state index contributed by atoms with van der Waals surface area (Å²) in [5.41, 5.74) is 5.63. The summed E-state index contributed by atoms with van der Waals surface area (Å²) in [7, 11) is 0. The SMILES string of the molecule is CCCCCCCCCCCCCC1NC=CN1CCN. The smallest absolute Gasteiger partial charge is 0.0981 e. The molecule has 0 spiro atoms. The standard InChI is InChI=1S/C18H37N3/c1-2-3-4-5-6-7-8-9-10-11-12-13-18-20-15-17-21(18)16-14-19/h15,17-18,20H,2-14,16,19H2,1H3. The fraction of sp³-hybridized carbons (Fsp3) is 0.889. The Hall–Kier alpha value is -0.700. The van der Waals surface area contributed by atoms with Gasteiger partial charge in [-0.25, -0.2) is 0 Å². The molecule has 0 aromatic carbocycles. The molecule has 0 saturated carbocycles. The van der Waals surface area contributed by atoms with E-state index in [1.807, 2.05) is 0 Å². The minimum Gasteiger partial charge on any atom is -0.370 e. The zero-order chi connectivity index (χ0) is 15.2. The van der Waals surface area contributed by atoms with E-state index >= 15 is 0 Å². The van der Waals surface area contributed by atoms with Gasteiger partial charge in [-0.2, -0.15) is 0 Å². The highest BCUT2D eigenvalue weighted by Gasteiger charge is 2.16.